The maximum absolute atomic E-state index is 14.1. The van der Waals surface area contributed by atoms with Crippen molar-refractivity contribution >= 4 is 17.1 Å². The highest BCUT2D eigenvalue weighted by Crippen LogP contribution is 2.47. The fourth-order valence-electron chi connectivity index (χ4n) is 3.43. The summed E-state index contributed by atoms with van der Waals surface area (Å²) in [6, 6.07) is 6.84. The van der Waals surface area contributed by atoms with Crippen LogP contribution in [-0.4, -0.2) is 39.4 Å². The molecule has 1 heterocycles. The number of halogens is 3. The van der Waals surface area contributed by atoms with Crippen LogP contribution in [0.3, 0.4) is 0 Å². The largest absolute Gasteiger partial charge is 0.444 e. The average molecular weight is 408 g/mol. The molecule has 0 saturated heterocycles. The quantitative estimate of drug-likeness (QED) is 0.745. The summed E-state index contributed by atoms with van der Waals surface area (Å²) >= 11 is 0. The number of nitrogens with two attached hydrogens (primary N) is 1. The first-order chi connectivity index (χ1) is 13.5. The van der Waals surface area contributed by atoms with Crippen LogP contribution < -0.4 is 5.73 Å². The molecule has 1 aromatic carbocycles. The standard InChI is InChI=1S/C20H23F3N4O2/c1-18(2,3)29-17(28)27(12-24)19(11-7-6-10-15(19)20(21,22)23)16-25-13-8-4-5-9-14(13)26-16/h4-11,15H,12,24H2,1-3H3,(H,25,26). The van der Waals surface area contributed by atoms with Crippen LogP contribution >= 0.6 is 0 Å². The smallest absolute Gasteiger partial charge is 0.412 e. The topological polar surface area (TPSA) is 84.2 Å². The van der Waals surface area contributed by atoms with E-state index in [0.29, 0.717) is 11.0 Å². The number of benzene rings is 1. The minimum absolute atomic E-state index is 0.0436. The van der Waals surface area contributed by atoms with E-state index in [4.69, 9.17) is 10.5 Å². The average Bonchev–Trinajstić information content (AvgIpc) is 3.05. The van der Waals surface area contributed by atoms with Gasteiger partial charge in [-0.2, -0.15) is 13.2 Å². The number of ether oxygens (including phenoxy) is 1. The lowest BCUT2D eigenvalue weighted by Gasteiger charge is -2.45. The van der Waals surface area contributed by atoms with Gasteiger partial charge in [-0.3, -0.25) is 4.90 Å². The fourth-order valence-corrected chi connectivity index (χ4v) is 3.43. The van der Waals surface area contributed by atoms with Crippen LogP contribution in [0.1, 0.15) is 26.6 Å². The molecule has 29 heavy (non-hydrogen) atoms. The molecule has 0 spiro atoms. The van der Waals surface area contributed by atoms with Gasteiger partial charge in [0, 0.05) is 0 Å². The zero-order valence-corrected chi connectivity index (χ0v) is 16.3. The number of nitrogens with zero attached hydrogens (tertiary/aromatic N) is 2. The summed E-state index contributed by atoms with van der Waals surface area (Å²) in [6.07, 6.45) is -0.601. The number of allylic oxidation sites excluding steroid dienone is 2. The van der Waals surface area contributed by atoms with E-state index in [9.17, 15) is 18.0 Å². The lowest BCUT2D eigenvalue weighted by molar-refractivity contribution is -0.190. The lowest BCUT2D eigenvalue weighted by atomic mass is 9.78. The van der Waals surface area contributed by atoms with Crippen molar-refractivity contribution in [1.82, 2.24) is 14.9 Å². The minimum Gasteiger partial charge on any atom is -0.444 e. The third-order valence-corrected chi connectivity index (χ3v) is 4.60. The molecular formula is C20H23F3N4O2. The van der Waals surface area contributed by atoms with Crippen LogP contribution in [0.15, 0.2) is 48.6 Å². The second-order valence-electron chi connectivity index (χ2n) is 7.78. The molecule has 0 bridgehead atoms. The monoisotopic (exact) mass is 408 g/mol. The number of alkyl halides is 3. The number of amides is 1. The minimum atomic E-state index is -4.67. The normalized spacial score (nSPS) is 22.1. The first-order valence-electron chi connectivity index (χ1n) is 9.07. The van der Waals surface area contributed by atoms with E-state index < -0.39 is 36.0 Å². The summed E-state index contributed by atoms with van der Waals surface area (Å²) in [5.74, 6) is -2.12. The summed E-state index contributed by atoms with van der Waals surface area (Å²) in [7, 11) is 0. The van der Waals surface area contributed by atoms with E-state index in [-0.39, 0.29) is 5.82 Å². The summed E-state index contributed by atoms with van der Waals surface area (Å²) in [6.45, 7) is 4.39. The van der Waals surface area contributed by atoms with Crippen molar-refractivity contribution < 1.29 is 22.7 Å². The Hall–Kier alpha value is -2.81. The molecule has 1 aliphatic carbocycles. The Balaban J connectivity index is 2.24. The highest BCUT2D eigenvalue weighted by Gasteiger charge is 2.59. The summed E-state index contributed by atoms with van der Waals surface area (Å²) in [4.78, 5) is 21.1. The van der Waals surface area contributed by atoms with Gasteiger partial charge in [0.05, 0.1) is 17.7 Å². The number of fused-ring (bicyclic) bond motifs is 1. The maximum atomic E-state index is 14.1. The van der Waals surface area contributed by atoms with Crippen LogP contribution in [0.2, 0.25) is 0 Å². The summed E-state index contributed by atoms with van der Waals surface area (Å²) in [5, 5.41) is 0. The first kappa shape index (κ1) is 20.9. The molecule has 0 saturated carbocycles. The third-order valence-electron chi connectivity index (χ3n) is 4.60. The second-order valence-corrected chi connectivity index (χ2v) is 7.78. The van der Waals surface area contributed by atoms with Gasteiger partial charge in [-0.25, -0.2) is 9.78 Å². The number of aromatic amines is 1. The van der Waals surface area contributed by atoms with E-state index in [1.54, 1.807) is 45.0 Å². The number of para-hydroxylation sites is 2. The zero-order valence-electron chi connectivity index (χ0n) is 16.3. The fraction of sp³-hybridized carbons (Fsp3) is 0.400. The number of aromatic nitrogens is 2. The van der Waals surface area contributed by atoms with Gasteiger partial charge in [-0.05, 0) is 32.9 Å². The van der Waals surface area contributed by atoms with Crippen molar-refractivity contribution in [2.75, 3.05) is 6.67 Å². The predicted octanol–water partition coefficient (Wildman–Crippen LogP) is 4.22. The van der Waals surface area contributed by atoms with E-state index in [0.717, 1.165) is 11.0 Å². The van der Waals surface area contributed by atoms with Crippen molar-refractivity contribution in [3.63, 3.8) is 0 Å². The van der Waals surface area contributed by atoms with E-state index in [2.05, 4.69) is 9.97 Å². The molecule has 0 aliphatic heterocycles. The van der Waals surface area contributed by atoms with Gasteiger partial charge in [0.2, 0.25) is 0 Å². The number of nitrogens with one attached hydrogen (secondary N) is 1. The van der Waals surface area contributed by atoms with E-state index in [1.165, 1.54) is 18.2 Å². The lowest BCUT2D eigenvalue weighted by Crippen LogP contribution is -2.59. The van der Waals surface area contributed by atoms with Gasteiger partial charge in [0.15, 0.2) is 0 Å². The van der Waals surface area contributed by atoms with Gasteiger partial charge < -0.3 is 15.5 Å². The molecule has 6 nitrogen and oxygen atoms in total. The van der Waals surface area contributed by atoms with Crippen LogP contribution in [0, 0.1) is 5.92 Å². The number of hydrogen-bond acceptors (Lipinski definition) is 4. The Kier molecular flexibility index (Phi) is 5.20. The van der Waals surface area contributed by atoms with Crippen molar-refractivity contribution in [2.24, 2.45) is 11.7 Å². The molecule has 156 valence electrons. The highest BCUT2D eigenvalue weighted by molar-refractivity contribution is 5.76. The number of imidazole rings is 1. The third kappa shape index (κ3) is 3.87. The van der Waals surface area contributed by atoms with E-state index in [1.807, 2.05) is 0 Å². The summed E-state index contributed by atoms with van der Waals surface area (Å²) in [5.41, 5.74) is 3.89. The van der Waals surface area contributed by atoms with Crippen LogP contribution in [0.5, 0.6) is 0 Å². The van der Waals surface area contributed by atoms with Crippen molar-refractivity contribution in [3.8, 4) is 0 Å². The Morgan fingerprint density at radius 2 is 1.97 bits per heavy atom. The highest BCUT2D eigenvalue weighted by atomic mass is 19.4. The molecule has 0 fully saturated rings. The van der Waals surface area contributed by atoms with Crippen LogP contribution in [0.25, 0.3) is 11.0 Å². The molecule has 3 rings (SSSR count). The predicted molar refractivity (Wildman–Crippen MR) is 103 cm³/mol. The Bertz CT molecular complexity index is 926. The number of rotatable bonds is 3. The first-order valence-corrected chi connectivity index (χ1v) is 9.07. The molecule has 3 N–H and O–H groups in total. The Labute approximate surface area is 166 Å². The molecule has 2 aromatic rings. The second kappa shape index (κ2) is 7.22. The molecular weight excluding hydrogens is 385 g/mol. The van der Waals surface area contributed by atoms with Crippen molar-refractivity contribution in [1.29, 1.82) is 0 Å². The number of hydrogen-bond donors (Lipinski definition) is 2. The molecule has 1 aromatic heterocycles. The number of carbonyl (C=O) groups excluding carboxylic acids is 1. The van der Waals surface area contributed by atoms with Gasteiger partial charge in [0.25, 0.3) is 0 Å². The van der Waals surface area contributed by atoms with Gasteiger partial charge >= 0.3 is 12.3 Å². The molecule has 0 radical (unpaired) electrons. The molecule has 1 amide bonds. The number of carbonyl (C=O) groups is 1. The van der Waals surface area contributed by atoms with Gasteiger partial charge in [-0.15, -0.1) is 0 Å². The van der Waals surface area contributed by atoms with E-state index >= 15 is 0 Å². The molecule has 9 heteroatoms. The van der Waals surface area contributed by atoms with Crippen LogP contribution in [0.4, 0.5) is 18.0 Å². The SMILES string of the molecule is CC(C)(C)OC(=O)N(CN)C1(c2nc3ccccc3[nH]2)C=CC=CC1C(F)(F)F. The Morgan fingerprint density at radius 3 is 2.55 bits per heavy atom. The van der Waals surface area contributed by atoms with Crippen molar-refractivity contribution in [3.05, 3.63) is 54.4 Å². The number of H-pyrrole nitrogens is 1. The summed E-state index contributed by atoms with van der Waals surface area (Å²) < 4.78 is 47.8. The zero-order chi connectivity index (χ0) is 21.4. The molecule has 2 unspecified atom stereocenters. The van der Waals surface area contributed by atoms with Crippen molar-refractivity contribution in [2.45, 2.75) is 38.1 Å². The maximum Gasteiger partial charge on any atom is 0.412 e. The molecule has 1 aliphatic rings. The molecule has 2 atom stereocenters. The Morgan fingerprint density at radius 1 is 1.28 bits per heavy atom. The van der Waals surface area contributed by atoms with Gasteiger partial charge in [0.1, 0.15) is 22.9 Å². The van der Waals surface area contributed by atoms with Crippen LogP contribution in [-0.2, 0) is 10.3 Å². The van der Waals surface area contributed by atoms with Gasteiger partial charge in [-0.1, -0.05) is 36.4 Å².